The number of anilines is 2. The Balaban J connectivity index is 1.64. The molecular weight excluding hydrogens is 318 g/mol. The second kappa shape index (κ2) is 7.94. The van der Waals surface area contributed by atoms with Gasteiger partial charge in [-0.3, -0.25) is 4.79 Å². The number of carbonyl (C=O) groups is 1. The van der Waals surface area contributed by atoms with E-state index in [0.717, 1.165) is 43.4 Å². The van der Waals surface area contributed by atoms with Gasteiger partial charge >= 0.3 is 0 Å². The zero-order valence-electron chi connectivity index (χ0n) is 14.3. The predicted octanol–water partition coefficient (Wildman–Crippen LogP) is 0.800. The third-order valence-electron chi connectivity index (χ3n) is 4.25. The molecule has 3 heterocycles. The summed E-state index contributed by atoms with van der Waals surface area (Å²) >= 11 is 0. The van der Waals surface area contributed by atoms with Crippen molar-refractivity contribution >= 4 is 17.5 Å². The number of hydrogen-bond donors (Lipinski definition) is 2. The second-order valence-electron chi connectivity index (χ2n) is 6.04. The maximum absolute atomic E-state index is 11.6. The molecule has 3 rings (SSSR count). The molecule has 1 unspecified atom stereocenters. The number of hydrogen-bond acceptors (Lipinski definition) is 6. The van der Waals surface area contributed by atoms with Gasteiger partial charge in [-0.15, -0.1) is 0 Å². The van der Waals surface area contributed by atoms with Gasteiger partial charge in [0.1, 0.15) is 17.7 Å². The van der Waals surface area contributed by atoms with E-state index in [2.05, 4.69) is 25.1 Å². The summed E-state index contributed by atoms with van der Waals surface area (Å²) in [7, 11) is 0. The number of nitrogens with one attached hydrogen (secondary N) is 1. The monoisotopic (exact) mass is 341 g/mol. The van der Waals surface area contributed by atoms with Gasteiger partial charge < -0.3 is 20.2 Å². The van der Waals surface area contributed by atoms with E-state index >= 15 is 0 Å². The van der Waals surface area contributed by atoms with Crippen molar-refractivity contribution in [1.82, 2.24) is 15.3 Å². The molecule has 1 fully saturated rings. The second-order valence-corrected chi connectivity index (χ2v) is 6.04. The van der Waals surface area contributed by atoms with Crippen LogP contribution in [0.1, 0.15) is 12.5 Å². The van der Waals surface area contributed by atoms with E-state index in [1.54, 1.807) is 6.20 Å². The fourth-order valence-electron chi connectivity index (χ4n) is 2.87. The summed E-state index contributed by atoms with van der Waals surface area (Å²) in [6.07, 6.45) is 2.56. The van der Waals surface area contributed by atoms with Gasteiger partial charge in [0.2, 0.25) is 5.91 Å². The molecule has 2 aromatic rings. The van der Waals surface area contributed by atoms with Crippen molar-refractivity contribution in [3.8, 4) is 0 Å². The highest BCUT2D eigenvalue weighted by Gasteiger charge is 2.21. The van der Waals surface area contributed by atoms with E-state index < -0.39 is 6.10 Å². The van der Waals surface area contributed by atoms with Gasteiger partial charge in [-0.2, -0.15) is 0 Å². The Morgan fingerprint density at radius 1 is 1.12 bits per heavy atom. The van der Waals surface area contributed by atoms with Gasteiger partial charge in [0.25, 0.3) is 0 Å². The molecule has 1 atom stereocenters. The lowest BCUT2D eigenvalue weighted by Crippen LogP contribution is -2.47. The van der Waals surface area contributed by atoms with Crippen molar-refractivity contribution in [2.75, 3.05) is 36.0 Å². The van der Waals surface area contributed by atoms with Crippen LogP contribution >= 0.6 is 0 Å². The lowest BCUT2D eigenvalue weighted by atomic mass is 10.2. The molecule has 25 heavy (non-hydrogen) atoms. The van der Waals surface area contributed by atoms with Gasteiger partial charge in [0.15, 0.2) is 0 Å². The largest absolute Gasteiger partial charge is 0.384 e. The quantitative estimate of drug-likeness (QED) is 0.837. The van der Waals surface area contributed by atoms with Crippen molar-refractivity contribution in [3.05, 3.63) is 48.3 Å². The zero-order valence-corrected chi connectivity index (χ0v) is 14.3. The molecule has 0 aromatic carbocycles. The van der Waals surface area contributed by atoms with Crippen LogP contribution in [0.15, 0.2) is 42.7 Å². The number of amides is 1. The Morgan fingerprint density at radius 2 is 1.84 bits per heavy atom. The number of aliphatic hydroxyl groups is 1. The summed E-state index contributed by atoms with van der Waals surface area (Å²) in [6.45, 7) is 5.22. The minimum absolute atomic E-state index is 0.355. The molecule has 1 amide bonds. The van der Waals surface area contributed by atoms with Crippen molar-refractivity contribution in [2.24, 2.45) is 0 Å². The minimum Gasteiger partial charge on any atom is -0.384 e. The SMILES string of the molecule is CC(O)C(=O)NCc1cccnc1N1CCN(c2ccccn2)CC1. The summed E-state index contributed by atoms with van der Waals surface area (Å²) in [5.74, 6) is 1.50. The van der Waals surface area contributed by atoms with Crippen LogP contribution < -0.4 is 15.1 Å². The number of rotatable bonds is 5. The highest BCUT2D eigenvalue weighted by molar-refractivity contribution is 5.80. The highest BCUT2D eigenvalue weighted by Crippen LogP contribution is 2.20. The summed E-state index contributed by atoms with van der Waals surface area (Å²) in [4.78, 5) is 25.0. The topological polar surface area (TPSA) is 81.6 Å². The molecule has 1 aliphatic rings. The molecular formula is C18H23N5O2. The number of nitrogens with zero attached hydrogens (tertiary/aromatic N) is 4. The van der Waals surface area contributed by atoms with Crippen molar-refractivity contribution < 1.29 is 9.90 Å². The van der Waals surface area contributed by atoms with Crippen LogP contribution in [-0.4, -0.2) is 53.3 Å². The van der Waals surface area contributed by atoms with Gasteiger partial charge in [-0.1, -0.05) is 12.1 Å². The first-order chi connectivity index (χ1) is 12.1. The Labute approximate surface area is 147 Å². The van der Waals surface area contributed by atoms with E-state index in [1.165, 1.54) is 6.92 Å². The average Bonchev–Trinajstić information content (AvgIpc) is 2.67. The number of carbonyl (C=O) groups excluding carboxylic acids is 1. The third kappa shape index (κ3) is 4.24. The third-order valence-corrected chi connectivity index (χ3v) is 4.25. The van der Waals surface area contributed by atoms with E-state index in [9.17, 15) is 9.90 Å². The molecule has 0 bridgehead atoms. The Morgan fingerprint density at radius 3 is 2.52 bits per heavy atom. The summed E-state index contributed by atoms with van der Waals surface area (Å²) < 4.78 is 0. The fourth-order valence-corrected chi connectivity index (χ4v) is 2.87. The average molecular weight is 341 g/mol. The molecule has 0 aliphatic carbocycles. The Bertz CT molecular complexity index is 700. The lowest BCUT2D eigenvalue weighted by Gasteiger charge is -2.36. The van der Waals surface area contributed by atoms with Crippen LogP contribution in [0, 0.1) is 0 Å². The first kappa shape index (κ1) is 17.2. The van der Waals surface area contributed by atoms with Crippen LogP contribution in [0.2, 0.25) is 0 Å². The van der Waals surface area contributed by atoms with Crippen molar-refractivity contribution in [2.45, 2.75) is 19.6 Å². The number of aliphatic hydroxyl groups excluding tert-OH is 1. The van der Waals surface area contributed by atoms with Gasteiger partial charge in [-0.05, 0) is 25.1 Å². The number of aromatic nitrogens is 2. The normalized spacial score (nSPS) is 15.8. The molecule has 0 radical (unpaired) electrons. The van der Waals surface area contributed by atoms with E-state index in [1.807, 2.05) is 36.5 Å². The van der Waals surface area contributed by atoms with Crippen LogP contribution in [0.3, 0.4) is 0 Å². The van der Waals surface area contributed by atoms with Gasteiger partial charge in [0, 0.05) is 50.7 Å². The molecule has 7 nitrogen and oxygen atoms in total. The maximum atomic E-state index is 11.6. The summed E-state index contributed by atoms with van der Waals surface area (Å²) in [5.41, 5.74) is 0.947. The lowest BCUT2D eigenvalue weighted by molar-refractivity contribution is -0.128. The van der Waals surface area contributed by atoms with Crippen LogP contribution in [0.4, 0.5) is 11.6 Å². The molecule has 1 saturated heterocycles. The first-order valence-corrected chi connectivity index (χ1v) is 8.46. The fraction of sp³-hybridized carbons (Fsp3) is 0.389. The molecule has 7 heteroatoms. The minimum atomic E-state index is -1.01. The Hall–Kier alpha value is -2.67. The number of pyridine rings is 2. The van der Waals surface area contributed by atoms with Gasteiger partial charge in [0.05, 0.1) is 0 Å². The van der Waals surface area contributed by atoms with Crippen LogP contribution in [-0.2, 0) is 11.3 Å². The molecule has 0 spiro atoms. The van der Waals surface area contributed by atoms with E-state index in [-0.39, 0.29) is 5.91 Å². The molecule has 2 N–H and O–H groups in total. The Kier molecular flexibility index (Phi) is 5.45. The van der Waals surface area contributed by atoms with E-state index in [4.69, 9.17) is 0 Å². The first-order valence-electron chi connectivity index (χ1n) is 8.46. The van der Waals surface area contributed by atoms with Crippen molar-refractivity contribution in [3.63, 3.8) is 0 Å². The zero-order chi connectivity index (χ0) is 17.6. The molecule has 132 valence electrons. The summed E-state index contributed by atoms with van der Waals surface area (Å²) in [6, 6.07) is 9.75. The standard InChI is InChI=1S/C18H23N5O2/c1-14(24)18(25)21-13-15-5-4-8-20-17(15)23-11-9-22(10-12-23)16-6-2-3-7-19-16/h2-8,14,24H,9-13H2,1H3,(H,21,25). The predicted molar refractivity (Wildman–Crippen MR) is 96.4 cm³/mol. The number of piperazine rings is 1. The van der Waals surface area contributed by atoms with Crippen LogP contribution in [0.5, 0.6) is 0 Å². The summed E-state index contributed by atoms with van der Waals surface area (Å²) in [5, 5.41) is 12.0. The molecule has 2 aromatic heterocycles. The smallest absolute Gasteiger partial charge is 0.248 e. The highest BCUT2D eigenvalue weighted by atomic mass is 16.3. The maximum Gasteiger partial charge on any atom is 0.248 e. The van der Waals surface area contributed by atoms with Gasteiger partial charge in [-0.25, -0.2) is 9.97 Å². The van der Waals surface area contributed by atoms with Crippen LogP contribution in [0.25, 0.3) is 0 Å². The van der Waals surface area contributed by atoms with Crippen molar-refractivity contribution in [1.29, 1.82) is 0 Å². The molecule has 1 aliphatic heterocycles. The molecule has 0 saturated carbocycles. The van der Waals surface area contributed by atoms with E-state index in [0.29, 0.717) is 6.54 Å².